The fraction of sp³-hybridized carbons (Fsp3) is 0.529. The predicted octanol–water partition coefficient (Wildman–Crippen LogP) is 2.89. The predicted molar refractivity (Wildman–Crippen MR) is 91.5 cm³/mol. The fourth-order valence-electron chi connectivity index (χ4n) is 2.51. The highest BCUT2D eigenvalue weighted by molar-refractivity contribution is 6.55. The van der Waals surface area contributed by atoms with Crippen LogP contribution in [0.1, 0.15) is 44.4 Å². The Kier molecular flexibility index (Phi) is 4.44. The first-order chi connectivity index (χ1) is 10.1. The summed E-state index contributed by atoms with van der Waals surface area (Å²) < 4.78 is 12.0. The maximum Gasteiger partial charge on any atom is 0.492 e. The fourth-order valence-corrected chi connectivity index (χ4v) is 2.51. The van der Waals surface area contributed by atoms with Crippen molar-refractivity contribution in [3.63, 3.8) is 0 Å². The molecule has 1 fully saturated rings. The van der Waals surface area contributed by atoms with Crippen LogP contribution in [0.15, 0.2) is 17.6 Å². The van der Waals surface area contributed by atoms with Gasteiger partial charge in [0.25, 0.3) is 0 Å². The lowest BCUT2D eigenvalue weighted by atomic mass is 9.77. The van der Waals surface area contributed by atoms with Gasteiger partial charge in [-0.05, 0) is 64.2 Å². The van der Waals surface area contributed by atoms with Crippen molar-refractivity contribution in [3.05, 3.63) is 34.3 Å². The maximum atomic E-state index is 9.75. The molecule has 1 aliphatic heterocycles. The molecule has 0 aromatic heterocycles. The van der Waals surface area contributed by atoms with Gasteiger partial charge in [0.2, 0.25) is 0 Å². The molecule has 1 saturated heterocycles. The summed E-state index contributed by atoms with van der Waals surface area (Å²) in [6.07, 6.45) is 1.87. The molecule has 0 atom stereocenters. The zero-order valence-electron chi connectivity index (χ0n) is 14.4. The van der Waals surface area contributed by atoms with Gasteiger partial charge in [-0.3, -0.25) is 0 Å². The third kappa shape index (κ3) is 3.07. The van der Waals surface area contributed by atoms with Gasteiger partial charge in [0.15, 0.2) is 0 Å². The summed E-state index contributed by atoms with van der Waals surface area (Å²) in [5.41, 5.74) is 9.72. The largest absolute Gasteiger partial charge is 0.492 e. The van der Waals surface area contributed by atoms with Gasteiger partial charge >= 0.3 is 7.12 Å². The molecule has 0 aliphatic carbocycles. The molecule has 4 nitrogen and oxygen atoms in total. The third-order valence-electron chi connectivity index (χ3n) is 4.64. The van der Waals surface area contributed by atoms with Crippen molar-refractivity contribution in [3.8, 4) is 0 Å². The Morgan fingerprint density at radius 3 is 2.23 bits per heavy atom. The second-order valence-electron chi connectivity index (χ2n) is 7.05. The molecule has 0 spiro atoms. The molecule has 0 saturated carbocycles. The molecule has 2 rings (SSSR count). The van der Waals surface area contributed by atoms with Crippen molar-refractivity contribution in [1.82, 2.24) is 0 Å². The number of nitrogen functional groups attached to an aromatic ring is 1. The van der Waals surface area contributed by atoms with Crippen molar-refractivity contribution >= 4 is 18.9 Å². The minimum atomic E-state index is -0.560. The lowest BCUT2D eigenvalue weighted by Gasteiger charge is -2.32. The molecule has 0 bridgehead atoms. The van der Waals surface area contributed by atoms with Crippen molar-refractivity contribution in [2.75, 3.05) is 12.3 Å². The highest BCUT2D eigenvalue weighted by Gasteiger charge is 2.52. The molecule has 22 heavy (non-hydrogen) atoms. The minimum absolute atomic E-state index is 0.136. The Morgan fingerprint density at radius 1 is 1.18 bits per heavy atom. The number of aryl methyl sites for hydroxylation is 2. The Morgan fingerprint density at radius 2 is 1.73 bits per heavy atom. The van der Waals surface area contributed by atoms with Gasteiger partial charge in [-0.25, -0.2) is 0 Å². The van der Waals surface area contributed by atoms with Gasteiger partial charge in [-0.15, -0.1) is 0 Å². The smallest absolute Gasteiger partial charge is 0.400 e. The Hall–Kier alpha value is -1.30. The lowest BCUT2D eigenvalue weighted by Crippen LogP contribution is -2.41. The van der Waals surface area contributed by atoms with Crippen LogP contribution in [-0.2, 0) is 9.31 Å². The Balaban J connectivity index is 2.38. The van der Waals surface area contributed by atoms with E-state index in [0.717, 1.165) is 16.7 Å². The summed E-state index contributed by atoms with van der Waals surface area (Å²) >= 11 is 0. The van der Waals surface area contributed by atoms with Gasteiger partial charge in [-0.1, -0.05) is 17.7 Å². The molecule has 3 N–H and O–H groups in total. The summed E-state index contributed by atoms with van der Waals surface area (Å²) in [5.74, 6) is 0. The van der Waals surface area contributed by atoms with E-state index in [9.17, 15) is 5.11 Å². The van der Waals surface area contributed by atoms with Crippen molar-refractivity contribution in [1.29, 1.82) is 0 Å². The average Bonchev–Trinajstić information content (AvgIpc) is 2.60. The number of anilines is 1. The summed E-state index contributed by atoms with van der Waals surface area (Å²) in [4.78, 5) is 0. The molecule has 120 valence electrons. The SMILES string of the molecule is Cc1cc(C)c(N)c(C=C(CO)B2OC(C)(C)C(C)(C)O2)c1. The first kappa shape index (κ1) is 17.1. The van der Waals surface area contributed by atoms with E-state index in [1.54, 1.807) is 0 Å². The first-order valence-corrected chi connectivity index (χ1v) is 7.61. The van der Waals surface area contributed by atoms with Crippen molar-refractivity contribution in [2.24, 2.45) is 0 Å². The number of nitrogens with two attached hydrogens (primary N) is 1. The second-order valence-corrected chi connectivity index (χ2v) is 7.05. The van der Waals surface area contributed by atoms with Gasteiger partial charge in [0.1, 0.15) is 0 Å². The van der Waals surface area contributed by atoms with Crippen LogP contribution in [0.25, 0.3) is 6.08 Å². The quantitative estimate of drug-likeness (QED) is 0.665. The van der Waals surface area contributed by atoms with Crippen LogP contribution in [0.3, 0.4) is 0 Å². The van der Waals surface area contributed by atoms with E-state index >= 15 is 0 Å². The number of benzene rings is 1. The molecule has 1 aromatic carbocycles. The maximum absolute atomic E-state index is 9.75. The average molecular weight is 303 g/mol. The third-order valence-corrected chi connectivity index (χ3v) is 4.64. The number of hydrogen-bond donors (Lipinski definition) is 2. The summed E-state index contributed by atoms with van der Waals surface area (Å²) in [7, 11) is -0.560. The number of hydrogen-bond acceptors (Lipinski definition) is 4. The van der Waals surface area contributed by atoms with Crippen LogP contribution in [0, 0.1) is 13.8 Å². The molecule has 1 aliphatic rings. The van der Waals surface area contributed by atoms with E-state index in [-0.39, 0.29) is 6.61 Å². The van der Waals surface area contributed by atoms with E-state index in [0.29, 0.717) is 11.2 Å². The molecule has 5 heteroatoms. The number of aliphatic hydroxyl groups is 1. The molecule has 1 aromatic rings. The van der Waals surface area contributed by atoms with Crippen LogP contribution in [0.2, 0.25) is 0 Å². The van der Waals surface area contributed by atoms with Crippen molar-refractivity contribution in [2.45, 2.75) is 52.7 Å². The number of aliphatic hydroxyl groups excluding tert-OH is 1. The van der Waals surface area contributed by atoms with Gasteiger partial charge in [0, 0.05) is 5.69 Å². The highest BCUT2D eigenvalue weighted by atomic mass is 16.7. The molecular weight excluding hydrogens is 277 g/mol. The summed E-state index contributed by atoms with van der Waals surface area (Å²) in [6, 6.07) is 4.04. The van der Waals surface area contributed by atoms with Crippen LogP contribution >= 0.6 is 0 Å². The summed E-state index contributed by atoms with van der Waals surface area (Å²) in [5, 5.41) is 9.75. The van der Waals surface area contributed by atoms with Crippen LogP contribution in [-0.4, -0.2) is 30.0 Å². The highest BCUT2D eigenvalue weighted by Crippen LogP contribution is 2.39. The zero-order valence-corrected chi connectivity index (χ0v) is 14.4. The van der Waals surface area contributed by atoms with E-state index in [1.807, 2.05) is 59.8 Å². The molecular formula is C17H26BNO3. The van der Waals surface area contributed by atoms with E-state index in [2.05, 4.69) is 0 Å². The molecule has 1 heterocycles. The van der Waals surface area contributed by atoms with Crippen LogP contribution < -0.4 is 5.73 Å². The number of rotatable bonds is 3. The van der Waals surface area contributed by atoms with Crippen LogP contribution in [0.4, 0.5) is 5.69 Å². The summed E-state index contributed by atoms with van der Waals surface area (Å²) in [6.45, 7) is 11.8. The van der Waals surface area contributed by atoms with Gasteiger partial charge in [-0.2, -0.15) is 0 Å². The van der Waals surface area contributed by atoms with E-state index in [4.69, 9.17) is 15.0 Å². The lowest BCUT2D eigenvalue weighted by molar-refractivity contribution is 0.00578. The molecule has 0 unspecified atom stereocenters. The van der Waals surface area contributed by atoms with E-state index < -0.39 is 18.3 Å². The normalized spacial score (nSPS) is 20.5. The Bertz CT molecular complexity index is 592. The topological polar surface area (TPSA) is 64.7 Å². The molecule has 0 radical (unpaired) electrons. The van der Waals surface area contributed by atoms with Crippen LogP contribution in [0.5, 0.6) is 0 Å². The monoisotopic (exact) mass is 303 g/mol. The van der Waals surface area contributed by atoms with Gasteiger partial charge in [0.05, 0.1) is 17.8 Å². The molecule has 0 amide bonds. The first-order valence-electron chi connectivity index (χ1n) is 7.61. The minimum Gasteiger partial charge on any atom is -0.400 e. The zero-order chi connectivity index (χ0) is 16.7. The van der Waals surface area contributed by atoms with E-state index in [1.165, 1.54) is 0 Å². The van der Waals surface area contributed by atoms with Crippen molar-refractivity contribution < 1.29 is 14.4 Å². The standard InChI is InChI=1S/C17H26BNO3/c1-11-7-12(2)15(19)13(8-11)9-14(10-20)18-21-16(3,4)17(5,6)22-18/h7-9,20H,10,19H2,1-6H3. The second kappa shape index (κ2) is 5.72. The Labute approximate surface area is 133 Å². The van der Waals surface area contributed by atoms with Gasteiger partial charge < -0.3 is 20.1 Å².